The summed E-state index contributed by atoms with van der Waals surface area (Å²) in [6.07, 6.45) is 4.88. The normalized spacial score (nSPS) is 17.9. The van der Waals surface area contributed by atoms with E-state index in [4.69, 9.17) is 0 Å². The van der Waals surface area contributed by atoms with Crippen LogP contribution in [0, 0.1) is 11.7 Å². The summed E-state index contributed by atoms with van der Waals surface area (Å²) >= 11 is 0. The van der Waals surface area contributed by atoms with Crippen molar-refractivity contribution in [2.45, 2.75) is 13.3 Å². The molecule has 1 aliphatic heterocycles. The molecular formula is C21H21FN4O2. The Hall–Kier alpha value is -3.22. The van der Waals surface area contributed by atoms with E-state index in [9.17, 15) is 14.0 Å². The van der Waals surface area contributed by atoms with Gasteiger partial charge in [0.15, 0.2) is 0 Å². The van der Waals surface area contributed by atoms with Crippen LogP contribution in [0.3, 0.4) is 0 Å². The van der Waals surface area contributed by atoms with Gasteiger partial charge in [-0.05, 0) is 30.5 Å². The second-order valence-corrected chi connectivity index (χ2v) is 7.41. The molecule has 28 heavy (non-hydrogen) atoms. The Morgan fingerprint density at radius 1 is 1.32 bits per heavy atom. The maximum atomic E-state index is 14.9. The second kappa shape index (κ2) is 6.74. The average molecular weight is 380 g/mol. The first-order chi connectivity index (χ1) is 13.3. The monoisotopic (exact) mass is 380 g/mol. The average Bonchev–Trinajstić information content (AvgIpc) is 2.90. The van der Waals surface area contributed by atoms with Crippen molar-refractivity contribution in [2.75, 3.05) is 26.0 Å². The van der Waals surface area contributed by atoms with Crippen molar-refractivity contribution in [2.24, 2.45) is 10.9 Å². The number of carbonyl (C=O) groups is 2. The van der Waals surface area contributed by atoms with Crippen LogP contribution in [-0.4, -0.2) is 48.1 Å². The van der Waals surface area contributed by atoms with Crippen LogP contribution in [-0.2, 0) is 11.2 Å². The number of anilines is 1. The third-order valence-electron chi connectivity index (χ3n) is 5.00. The number of halogens is 1. The SMILES string of the molecule is CC1C=Cc2c([nH]c3c2NC(=O)CN=C3c2ccc(C(=O)N(C)C)cc2F)C1. The molecule has 2 heterocycles. The molecule has 2 aliphatic rings. The Balaban J connectivity index is 1.82. The van der Waals surface area contributed by atoms with Crippen molar-refractivity contribution in [1.29, 1.82) is 0 Å². The first kappa shape index (κ1) is 18.2. The van der Waals surface area contributed by atoms with E-state index >= 15 is 0 Å². The van der Waals surface area contributed by atoms with E-state index in [-0.39, 0.29) is 29.5 Å². The molecule has 0 bridgehead atoms. The number of hydrogen-bond acceptors (Lipinski definition) is 3. The van der Waals surface area contributed by atoms with Gasteiger partial charge in [0.05, 0.1) is 17.1 Å². The number of nitrogens with one attached hydrogen (secondary N) is 2. The molecule has 144 valence electrons. The van der Waals surface area contributed by atoms with E-state index in [1.165, 1.54) is 11.0 Å². The number of H-pyrrole nitrogens is 1. The van der Waals surface area contributed by atoms with Crippen LogP contribution in [0.4, 0.5) is 10.1 Å². The van der Waals surface area contributed by atoms with Crippen LogP contribution in [0.1, 0.15) is 39.8 Å². The molecule has 1 unspecified atom stereocenters. The number of nitrogens with zero attached hydrogens (tertiary/aromatic N) is 2. The molecule has 1 aromatic carbocycles. The zero-order valence-electron chi connectivity index (χ0n) is 16.0. The number of carbonyl (C=O) groups excluding carboxylic acids is 2. The summed E-state index contributed by atoms with van der Waals surface area (Å²) in [5.74, 6) is -0.702. The number of aliphatic imine (C=N–C) groups is 1. The predicted octanol–water partition coefficient (Wildman–Crippen LogP) is 2.85. The van der Waals surface area contributed by atoms with Crippen LogP contribution in [0.2, 0.25) is 0 Å². The highest BCUT2D eigenvalue weighted by molar-refractivity contribution is 6.19. The molecule has 7 heteroatoms. The fourth-order valence-corrected chi connectivity index (χ4v) is 3.60. The summed E-state index contributed by atoms with van der Waals surface area (Å²) in [6.45, 7) is 2.02. The minimum atomic E-state index is -0.553. The topological polar surface area (TPSA) is 77.6 Å². The number of aromatic nitrogens is 1. The van der Waals surface area contributed by atoms with Gasteiger partial charge in [0.2, 0.25) is 5.91 Å². The Morgan fingerprint density at radius 3 is 2.82 bits per heavy atom. The largest absolute Gasteiger partial charge is 0.355 e. The van der Waals surface area contributed by atoms with Crippen molar-refractivity contribution in [1.82, 2.24) is 9.88 Å². The van der Waals surface area contributed by atoms with Gasteiger partial charge in [-0.2, -0.15) is 0 Å². The minimum absolute atomic E-state index is 0.0927. The smallest absolute Gasteiger partial charge is 0.253 e. The molecule has 0 saturated carbocycles. The molecule has 2 N–H and O–H groups in total. The van der Waals surface area contributed by atoms with Gasteiger partial charge in [0.1, 0.15) is 12.4 Å². The summed E-state index contributed by atoms with van der Waals surface area (Å²) in [4.78, 5) is 33.4. The van der Waals surface area contributed by atoms with Crippen molar-refractivity contribution in [3.63, 3.8) is 0 Å². The lowest BCUT2D eigenvalue weighted by molar-refractivity contribution is -0.114. The zero-order valence-corrected chi connectivity index (χ0v) is 16.0. The molecule has 0 spiro atoms. The quantitative estimate of drug-likeness (QED) is 0.840. The molecule has 2 amide bonds. The van der Waals surface area contributed by atoms with Crippen molar-refractivity contribution in [3.8, 4) is 0 Å². The minimum Gasteiger partial charge on any atom is -0.355 e. The van der Waals surface area contributed by atoms with Gasteiger partial charge >= 0.3 is 0 Å². The molecule has 1 aliphatic carbocycles. The lowest BCUT2D eigenvalue weighted by Crippen LogP contribution is -2.22. The fourth-order valence-electron chi connectivity index (χ4n) is 3.60. The molecule has 4 rings (SSSR count). The maximum absolute atomic E-state index is 14.9. The summed E-state index contributed by atoms with van der Waals surface area (Å²) in [5, 5.41) is 2.89. The highest BCUT2D eigenvalue weighted by atomic mass is 19.1. The Kier molecular flexibility index (Phi) is 4.37. The van der Waals surface area contributed by atoms with Crippen molar-refractivity contribution < 1.29 is 14.0 Å². The fraction of sp³-hybridized carbons (Fsp3) is 0.286. The molecular weight excluding hydrogens is 359 g/mol. The highest BCUT2D eigenvalue weighted by Gasteiger charge is 2.28. The van der Waals surface area contributed by atoms with E-state index in [1.807, 2.05) is 6.08 Å². The van der Waals surface area contributed by atoms with Crippen molar-refractivity contribution in [3.05, 3.63) is 58.2 Å². The number of allylic oxidation sites excluding steroid dienone is 1. The molecule has 0 saturated heterocycles. The van der Waals surface area contributed by atoms with Gasteiger partial charge in [-0.1, -0.05) is 19.1 Å². The standard InChI is InChI=1S/C21H21FN4O2/c1-11-4-6-14-16(8-11)24-20-18(23-10-17(27)25-19(14)20)13-7-5-12(9-15(13)22)21(28)26(2)3/h4-7,9,11,24H,8,10H2,1-3H3,(H,25,27). The van der Waals surface area contributed by atoms with Crippen LogP contribution < -0.4 is 5.32 Å². The molecule has 1 aromatic heterocycles. The van der Waals surface area contributed by atoms with E-state index in [0.29, 0.717) is 23.0 Å². The Bertz CT molecular complexity index is 1050. The molecule has 2 aromatic rings. The second-order valence-electron chi connectivity index (χ2n) is 7.41. The first-order valence-electron chi connectivity index (χ1n) is 9.14. The van der Waals surface area contributed by atoms with Gasteiger partial charge in [0, 0.05) is 36.5 Å². The third-order valence-corrected chi connectivity index (χ3v) is 5.00. The Labute approximate surface area is 162 Å². The van der Waals surface area contributed by atoms with Gasteiger partial charge in [-0.3, -0.25) is 14.6 Å². The predicted molar refractivity (Wildman–Crippen MR) is 106 cm³/mol. The number of hydrogen-bond donors (Lipinski definition) is 2. The number of rotatable bonds is 2. The summed E-state index contributed by atoms with van der Waals surface area (Å²) < 4.78 is 14.9. The number of amides is 2. The Morgan fingerprint density at radius 2 is 2.11 bits per heavy atom. The lowest BCUT2D eigenvalue weighted by Gasteiger charge is -2.12. The van der Waals surface area contributed by atoms with Crippen LogP contribution in [0.15, 0.2) is 29.3 Å². The van der Waals surface area contributed by atoms with Crippen LogP contribution >= 0.6 is 0 Å². The van der Waals surface area contributed by atoms with Crippen LogP contribution in [0.25, 0.3) is 6.08 Å². The third kappa shape index (κ3) is 3.02. The van der Waals surface area contributed by atoms with Crippen molar-refractivity contribution >= 4 is 29.3 Å². The van der Waals surface area contributed by atoms with Gasteiger partial charge in [0.25, 0.3) is 5.91 Å². The van der Waals surface area contributed by atoms with Gasteiger partial charge in [-0.15, -0.1) is 0 Å². The van der Waals surface area contributed by atoms with Gasteiger partial charge < -0.3 is 15.2 Å². The number of benzene rings is 1. The van der Waals surface area contributed by atoms with E-state index in [0.717, 1.165) is 17.7 Å². The lowest BCUT2D eigenvalue weighted by atomic mass is 9.95. The van der Waals surface area contributed by atoms with E-state index < -0.39 is 5.82 Å². The number of aromatic amines is 1. The zero-order chi connectivity index (χ0) is 20.0. The summed E-state index contributed by atoms with van der Waals surface area (Å²) in [7, 11) is 3.23. The highest BCUT2D eigenvalue weighted by Crippen LogP contribution is 2.34. The first-order valence-corrected chi connectivity index (χ1v) is 9.14. The summed E-state index contributed by atoms with van der Waals surface area (Å²) in [6, 6.07) is 4.33. The van der Waals surface area contributed by atoms with E-state index in [1.54, 1.807) is 26.2 Å². The maximum Gasteiger partial charge on any atom is 0.253 e. The molecule has 1 atom stereocenters. The molecule has 0 radical (unpaired) electrons. The molecule has 6 nitrogen and oxygen atoms in total. The summed E-state index contributed by atoms with van der Waals surface area (Å²) in [5.41, 5.74) is 4.03. The number of fused-ring (bicyclic) bond motifs is 3. The van der Waals surface area contributed by atoms with Gasteiger partial charge in [-0.25, -0.2) is 4.39 Å². The molecule has 0 fully saturated rings. The van der Waals surface area contributed by atoms with Crippen LogP contribution in [0.5, 0.6) is 0 Å². The van der Waals surface area contributed by atoms with E-state index in [2.05, 4.69) is 28.3 Å².